The number of hydrogen-bond donors (Lipinski definition) is 1. The van der Waals surface area contributed by atoms with Crippen molar-refractivity contribution in [2.75, 3.05) is 11.1 Å². The first-order valence-electron chi connectivity index (χ1n) is 8.94. The van der Waals surface area contributed by atoms with E-state index >= 15 is 0 Å². The highest BCUT2D eigenvalue weighted by Gasteiger charge is 2.19. The van der Waals surface area contributed by atoms with Gasteiger partial charge in [-0.2, -0.15) is 0 Å². The summed E-state index contributed by atoms with van der Waals surface area (Å²) < 4.78 is 34.3. The summed E-state index contributed by atoms with van der Waals surface area (Å²) in [6, 6.07) is 8.30. The van der Waals surface area contributed by atoms with Crippen molar-refractivity contribution in [2.24, 2.45) is 7.05 Å². The van der Waals surface area contributed by atoms with Gasteiger partial charge in [-0.3, -0.25) is 4.79 Å². The van der Waals surface area contributed by atoms with Crippen molar-refractivity contribution < 1.29 is 18.3 Å². The Bertz CT molecular complexity index is 1080. The Morgan fingerprint density at radius 1 is 1.27 bits per heavy atom. The van der Waals surface area contributed by atoms with E-state index in [1.807, 2.05) is 19.9 Å². The van der Waals surface area contributed by atoms with Gasteiger partial charge >= 0.3 is 0 Å². The minimum absolute atomic E-state index is 0.0195. The summed E-state index contributed by atoms with van der Waals surface area (Å²) in [7, 11) is 1.77. The van der Waals surface area contributed by atoms with Gasteiger partial charge < -0.3 is 14.6 Å². The number of thioether (sulfide) groups is 1. The van der Waals surface area contributed by atoms with Gasteiger partial charge in [-0.15, -0.1) is 10.2 Å². The smallest absolute Gasteiger partial charge is 0.234 e. The SMILES string of the molecule is Cc1cc(Cl)ccc1OC(C)c1nnc(SCC(=O)Nc2ccc(F)cc2F)n1C. The van der Waals surface area contributed by atoms with Crippen molar-refractivity contribution in [3.63, 3.8) is 0 Å². The molecule has 0 saturated carbocycles. The molecular weight excluding hydrogens is 434 g/mol. The van der Waals surface area contributed by atoms with Gasteiger partial charge in [0.05, 0.1) is 11.4 Å². The number of hydrogen-bond acceptors (Lipinski definition) is 5. The van der Waals surface area contributed by atoms with E-state index in [1.165, 1.54) is 6.07 Å². The number of carbonyl (C=O) groups excluding carboxylic acids is 1. The summed E-state index contributed by atoms with van der Waals surface area (Å²) in [5.74, 6) is -0.749. The fraction of sp³-hybridized carbons (Fsp3) is 0.250. The first kappa shape index (κ1) is 22.0. The first-order chi connectivity index (χ1) is 14.2. The van der Waals surface area contributed by atoms with Crippen LogP contribution in [-0.2, 0) is 11.8 Å². The second kappa shape index (κ2) is 9.44. The standard InChI is InChI=1S/C20H19ClF2N4O2S/c1-11-8-13(21)4-7-17(11)29-12(2)19-25-26-20(27(19)3)30-10-18(28)24-16-6-5-14(22)9-15(16)23/h4-9,12H,10H2,1-3H3,(H,24,28). The molecule has 1 amide bonds. The lowest BCUT2D eigenvalue weighted by Gasteiger charge is -2.16. The Hall–Kier alpha value is -2.65. The van der Waals surface area contributed by atoms with Crippen LogP contribution in [0.1, 0.15) is 24.4 Å². The van der Waals surface area contributed by atoms with Crippen LogP contribution >= 0.6 is 23.4 Å². The van der Waals surface area contributed by atoms with E-state index < -0.39 is 17.5 Å². The number of aryl methyl sites for hydroxylation is 1. The van der Waals surface area contributed by atoms with Crippen LogP contribution in [-0.4, -0.2) is 26.4 Å². The lowest BCUT2D eigenvalue weighted by molar-refractivity contribution is -0.113. The van der Waals surface area contributed by atoms with Crippen molar-refractivity contribution in [1.82, 2.24) is 14.8 Å². The maximum Gasteiger partial charge on any atom is 0.234 e. The van der Waals surface area contributed by atoms with Gasteiger partial charge in [0.15, 0.2) is 17.1 Å². The molecule has 1 aromatic heterocycles. The summed E-state index contributed by atoms with van der Waals surface area (Å²) in [5.41, 5.74) is 0.817. The average Bonchev–Trinajstić information content (AvgIpc) is 3.05. The number of anilines is 1. The molecule has 1 unspecified atom stereocenters. The number of rotatable bonds is 7. The summed E-state index contributed by atoms with van der Waals surface area (Å²) in [6.07, 6.45) is -0.390. The van der Waals surface area contributed by atoms with Crippen LogP contribution in [0.25, 0.3) is 0 Å². The Morgan fingerprint density at radius 2 is 2.03 bits per heavy atom. The molecule has 30 heavy (non-hydrogen) atoms. The molecule has 6 nitrogen and oxygen atoms in total. The van der Waals surface area contributed by atoms with Gasteiger partial charge in [0, 0.05) is 18.1 Å². The normalized spacial score (nSPS) is 11.9. The van der Waals surface area contributed by atoms with Crippen LogP contribution in [0.15, 0.2) is 41.6 Å². The van der Waals surface area contributed by atoms with Crippen molar-refractivity contribution in [3.05, 3.63) is 64.4 Å². The number of carbonyl (C=O) groups is 1. The zero-order chi connectivity index (χ0) is 21.8. The fourth-order valence-electron chi connectivity index (χ4n) is 2.70. The van der Waals surface area contributed by atoms with Gasteiger partial charge in [0.2, 0.25) is 5.91 Å². The lowest BCUT2D eigenvalue weighted by atomic mass is 10.2. The molecule has 0 radical (unpaired) electrons. The van der Waals surface area contributed by atoms with Gasteiger partial charge in [0.1, 0.15) is 17.4 Å². The van der Waals surface area contributed by atoms with Gasteiger partial charge in [-0.05, 0) is 49.7 Å². The Balaban J connectivity index is 1.61. The monoisotopic (exact) mass is 452 g/mol. The van der Waals surface area contributed by atoms with E-state index in [0.29, 0.717) is 27.8 Å². The summed E-state index contributed by atoms with van der Waals surface area (Å²) in [5, 5.41) is 11.8. The number of nitrogens with zero attached hydrogens (tertiary/aromatic N) is 3. The zero-order valence-electron chi connectivity index (χ0n) is 16.4. The van der Waals surface area contributed by atoms with Crippen LogP contribution in [0.5, 0.6) is 5.75 Å². The molecule has 3 aromatic rings. The topological polar surface area (TPSA) is 69.0 Å². The second-order valence-electron chi connectivity index (χ2n) is 6.53. The van der Waals surface area contributed by atoms with E-state index in [9.17, 15) is 13.6 Å². The number of benzene rings is 2. The maximum atomic E-state index is 13.7. The second-order valence-corrected chi connectivity index (χ2v) is 7.91. The molecule has 0 fully saturated rings. The molecule has 2 aromatic carbocycles. The van der Waals surface area contributed by atoms with Gasteiger partial charge in [-0.25, -0.2) is 8.78 Å². The number of amides is 1. The molecule has 0 spiro atoms. The predicted octanol–water partition coefficient (Wildman–Crippen LogP) is 4.93. The van der Waals surface area contributed by atoms with Gasteiger partial charge in [0.25, 0.3) is 0 Å². The molecule has 0 aliphatic rings. The van der Waals surface area contributed by atoms with Crippen LogP contribution in [0.4, 0.5) is 14.5 Å². The largest absolute Gasteiger partial charge is 0.482 e. The highest BCUT2D eigenvalue weighted by atomic mass is 35.5. The van der Waals surface area contributed by atoms with Crippen molar-refractivity contribution in [1.29, 1.82) is 0 Å². The molecule has 3 rings (SSSR count). The summed E-state index contributed by atoms with van der Waals surface area (Å²) >= 11 is 7.11. The van der Waals surface area contributed by atoms with Crippen molar-refractivity contribution in [3.8, 4) is 5.75 Å². The molecular formula is C20H19ClF2N4O2S. The minimum atomic E-state index is -0.835. The lowest BCUT2D eigenvalue weighted by Crippen LogP contribution is -2.16. The van der Waals surface area contributed by atoms with E-state index in [4.69, 9.17) is 16.3 Å². The number of nitrogens with one attached hydrogen (secondary N) is 1. The number of ether oxygens (including phenoxy) is 1. The van der Waals surface area contributed by atoms with Crippen LogP contribution in [0.3, 0.4) is 0 Å². The summed E-state index contributed by atoms with van der Waals surface area (Å²) in [6.45, 7) is 3.74. The third kappa shape index (κ3) is 5.28. The van der Waals surface area contributed by atoms with Gasteiger partial charge in [-0.1, -0.05) is 23.4 Å². The molecule has 1 atom stereocenters. The quantitative estimate of drug-likeness (QED) is 0.515. The van der Waals surface area contributed by atoms with Crippen molar-refractivity contribution >= 4 is 35.0 Å². The fourth-order valence-corrected chi connectivity index (χ4v) is 3.65. The third-order valence-corrected chi connectivity index (χ3v) is 5.47. The molecule has 0 bridgehead atoms. The van der Waals surface area contributed by atoms with Crippen LogP contribution in [0.2, 0.25) is 5.02 Å². The van der Waals surface area contributed by atoms with Crippen molar-refractivity contribution in [2.45, 2.75) is 25.1 Å². The molecule has 10 heteroatoms. The molecule has 1 N–H and O–H groups in total. The number of aromatic nitrogens is 3. The molecule has 0 aliphatic carbocycles. The third-order valence-electron chi connectivity index (χ3n) is 4.21. The minimum Gasteiger partial charge on any atom is -0.482 e. The highest BCUT2D eigenvalue weighted by molar-refractivity contribution is 7.99. The van der Waals surface area contributed by atoms with E-state index in [-0.39, 0.29) is 17.5 Å². The zero-order valence-corrected chi connectivity index (χ0v) is 18.0. The van der Waals surface area contributed by atoms with E-state index in [0.717, 1.165) is 23.4 Å². The van der Waals surface area contributed by atoms with E-state index in [1.54, 1.807) is 23.7 Å². The maximum absolute atomic E-state index is 13.7. The molecule has 158 valence electrons. The Kier molecular flexibility index (Phi) is 6.94. The molecule has 0 aliphatic heterocycles. The molecule has 1 heterocycles. The van der Waals surface area contributed by atoms with E-state index in [2.05, 4.69) is 15.5 Å². The Morgan fingerprint density at radius 3 is 2.73 bits per heavy atom. The van der Waals surface area contributed by atoms with Crippen LogP contribution in [0, 0.1) is 18.6 Å². The Labute approximate surface area is 181 Å². The molecule has 0 saturated heterocycles. The summed E-state index contributed by atoms with van der Waals surface area (Å²) in [4.78, 5) is 12.1. The predicted molar refractivity (Wildman–Crippen MR) is 112 cm³/mol. The average molecular weight is 453 g/mol. The first-order valence-corrected chi connectivity index (χ1v) is 10.3. The number of halogens is 3. The van der Waals surface area contributed by atoms with Crippen LogP contribution < -0.4 is 10.1 Å². The highest BCUT2D eigenvalue weighted by Crippen LogP contribution is 2.28.